The Morgan fingerprint density at radius 3 is 2.02 bits per heavy atom. The number of unbranched alkanes of at least 4 members (excludes halogenated alkanes) is 1. The number of carboxylic acids is 1. The maximum Gasteiger partial charge on any atom is 0.303 e. The van der Waals surface area contributed by atoms with Crippen LogP contribution in [0.15, 0.2) is 77.7 Å². The maximum absolute atomic E-state index is 14.5. The number of aromatic nitrogens is 1. The number of pyridine rings is 1. The standard InChI is InChI=1S/C37H48N4O7S/c1-29-16-18-30(19-17-29)49(45,46)41(23-10-15-35(42)43)37(44)36-31-11-4-6-13-33(31)40(34-14-7-5-12-32(34)36)22-9-8-21-39(3)24-26-48-28-27-47-25-20-38-2/h4-7,11-14,16-19,38H,8-10,15,20-28H2,1-3H3/p+1. The zero-order valence-corrected chi connectivity index (χ0v) is 29.6. The summed E-state index contributed by atoms with van der Waals surface area (Å²) in [5.41, 5.74) is 2.80. The molecule has 0 unspecified atom stereocenters. The third kappa shape index (κ3) is 10.3. The Kier molecular flexibility index (Phi) is 14.5. The third-order valence-corrected chi connectivity index (χ3v) is 10.2. The van der Waals surface area contributed by atoms with Crippen LogP contribution in [0.4, 0.5) is 0 Å². The monoisotopic (exact) mass is 693 g/mol. The second-order valence-electron chi connectivity index (χ2n) is 12.1. The number of hydrogen-bond donors (Lipinski definition) is 2. The van der Waals surface area contributed by atoms with E-state index >= 15 is 0 Å². The van der Waals surface area contributed by atoms with E-state index in [2.05, 4.69) is 21.8 Å². The number of benzene rings is 3. The van der Waals surface area contributed by atoms with Gasteiger partial charge in [0.1, 0.15) is 6.54 Å². The van der Waals surface area contributed by atoms with Gasteiger partial charge in [0.15, 0.2) is 0 Å². The van der Waals surface area contributed by atoms with Crippen LogP contribution in [-0.4, -0.2) is 101 Å². The Hall–Kier alpha value is -3.94. The van der Waals surface area contributed by atoms with E-state index in [4.69, 9.17) is 9.47 Å². The molecule has 0 bridgehead atoms. The molecule has 0 fully saturated rings. The largest absolute Gasteiger partial charge is 0.481 e. The zero-order valence-electron chi connectivity index (χ0n) is 28.8. The van der Waals surface area contributed by atoms with Crippen molar-refractivity contribution < 1.29 is 37.2 Å². The van der Waals surface area contributed by atoms with Crippen LogP contribution in [0, 0.1) is 6.92 Å². The number of sulfonamides is 1. The first-order valence-corrected chi connectivity index (χ1v) is 18.3. The zero-order chi connectivity index (χ0) is 35.2. The van der Waals surface area contributed by atoms with Crippen molar-refractivity contribution in [2.24, 2.45) is 0 Å². The number of hydrogen-bond acceptors (Lipinski definition) is 8. The van der Waals surface area contributed by atoms with Gasteiger partial charge in [0, 0.05) is 44.6 Å². The number of rotatable bonds is 21. The molecule has 12 heteroatoms. The van der Waals surface area contributed by atoms with E-state index in [1.807, 2.05) is 62.5 Å². The van der Waals surface area contributed by atoms with Gasteiger partial charge in [0.25, 0.3) is 15.9 Å². The van der Waals surface area contributed by atoms with Gasteiger partial charge in [0.2, 0.25) is 11.0 Å². The highest BCUT2D eigenvalue weighted by Crippen LogP contribution is 2.29. The van der Waals surface area contributed by atoms with Gasteiger partial charge in [-0.05, 0) is 64.7 Å². The summed E-state index contributed by atoms with van der Waals surface area (Å²) in [7, 11) is -0.314. The number of carbonyl (C=O) groups is 2. The van der Waals surface area contributed by atoms with Gasteiger partial charge in [-0.3, -0.25) is 9.59 Å². The SMILES string of the molecule is CNCCOCCOCCN(C)CCCC[n+]1c2ccccc2c(C(=O)N(CCCC(=O)O)S(=O)(=O)c2ccc(C)cc2)c2ccccc21. The molecule has 0 aliphatic carbocycles. The number of ether oxygens (including phenoxy) is 2. The Balaban J connectivity index is 1.55. The van der Waals surface area contributed by atoms with E-state index < -0.39 is 21.9 Å². The number of nitrogens with one attached hydrogen (secondary N) is 1. The second-order valence-corrected chi connectivity index (χ2v) is 14.0. The van der Waals surface area contributed by atoms with Crippen molar-refractivity contribution in [1.29, 1.82) is 0 Å². The average molecular weight is 694 g/mol. The first-order valence-electron chi connectivity index (χ1n) is 16.8. The van der Waals surface area contributed by atoms with E-state index in [9.17, 15) is 23.1 Å². The topological polar surface area (TPSA) is 129 Å². The van der Waals surface area contributed by atoms with Gasteiger partial charge in [0.05, 0.1) is 47.7 Å². The Morgan fingerprint density at radius 2 is 1.41 bits per heavy atom. The van der Waals surface area contributed by atoms with Crippen molar-refractivity contribution in [2.75, 3.05) is 66.7 Å². The van der Waals surface area contributed by atoms with Gasteiger partial charge in [-0.2, -0.15) is 4.57 Å². The fourth-order valence-corrected chi connectivity index (χ4v) is 7.15. The van der Waals surface area contributed by atoms with E-state index in [1.54, 1.807) is 12.1 Å². The van der Waals surface area contributed by atoms with Gasteiger partial charge in [-0.25, -0.2) is 12.7 Å². The van der Waals surface area contributed by atoms with Gasteiger partial charge in [-0.1, -0.05) is 42.0 Å². The number of likely N-dealkylation sites (N-methyl/N-ethyl adjacent to an activating group) is 2. The van der Waals surface area contributed by atoms with Crippen molar-refractivity contribution in [3.05, 3.63) is 83.9 Å². The minimum Gasteiger partial charge on any atom is -0.481 e. The van der Waals surface area contributed by atoms with Crippen LogP contribution in [0.25, 0.3) is 21.8 Å². The summed E-state index contributed by atoms with van der Waals surface area (Å²) >= 11 is 0. The molecule has 0 aliphatic heterocycles. The number of carbonyl (C=O) groups excluding carboxylic acids is 1. The minimum absolute atomic E-state index is 0.0131. The molecule has 1 aromatic heterocycles. The highest BCUT2D eigenvalue weighted by molar-refractivity contribution is 7.89. The second kappa shape index (κ2) is 18.7. The number of aliphatic carboxylic acids is 1. The number of aryl methyl sites for hydroxylation is 2. The first-order chi connectivity index (χ1) is 23.6. The Labute approximate surface area is 289 Å². The van der Waals surface area contributed by atoms with Crippen LogP contribution in [0.5, 0.6) is 0 Å². The van der Waals surface area contributed by atoms with E-state index in [-0.39, 0.29) is 29.8 Å². The highest BCUT2D eigenvalue weighted by atomic mass is 32.2. The van der Waals surface area contributed by atoms with Crippen molar-refractivity contribution in [2.45, 2.75) is 44.0 Å². The number of carboxylic acid groups (broad SMARTS) is 1. The molecule has 2 N–H and O–H groups in total. The van der Waals surface area contributed by atoms with E-state index in [0.29, 0.717) is 43.7 Å². The van der Waals surface area contributed by atoms with Crippen molar-refractivity contribution in [3.63, 3.8) is 0 Å². The normalized spacial score (nSPS) is 11.8. The van der Waals surface area contributed by atoms with Crippen LogP contribution in [0.1, 0.15) is 41.6 Å². The molecular weight excluding hydrogens is 644 g/mol. The minimum atomic E-state index is -4.29. The molecule has 0 saturated carbocycles. The van der Waals surface area contributed by atoms with Crippen molar-refractivity contribution in [1.82, 2.24) is 14.5 Å². The quantitative estimate of drug-likeness (QED) is 0.0748. The molecule has 0 atom stereocenters. The molecule has 1 heterocycles. The number of amides is 1. The van der Waals surface area contributed by atoms with Crippen LogP contribution >= 0.6 is 0 Å². The summed E-state index contributed by atoms with van der Waals surface area (Å²) in [6.07, 6.45) is 1.56. The average Bonchev–Trinajstić information content (AvgIpc) is 3.09. The molecule has 11 nitrogen and oxygen atoms in total. The Bertz CT molecular complexity index is 1740. The summed E-state index contributed by atoms with van der Waals surface area (Å²) in [6.45, 7) is 7.30. The fraction of sp³-hybridized carbons (Fsp3) is 0.432. The summed E-state index contributed by atoms with van der Waals surface area (Å²) in [5, 5.41) is 13.6. The van der Waals surface area contributed by atoms with E-state index in [1.165, 1.54) is 12.1 Å². The van der Waals surface area contributed by atoms with Crippen LogP contribution < -0.4 is 9.88 Å². The number of nitrogens with zero attached hydrogens (tertiary/aromatic N) is 3. The molecule has 0 aliphatic rings. The van der Waals surface area contributed by atoms with Crippen molar-refractivity contribution >= 4 is 43.7 Å². The fourth-order valence-electron chi connectivity index (χ4n) is 5.73. The van der Waals surface area contributed by atoms with Crippen LogP contribution in [0.2, 0.25) is 0 Å². The molecule has 49 heavy (non-hydrogen) atoms. The summed E-state index contributed by atoms with van der Waals surface area (Å²) in [6, 6.07) is 21.4. The molecule has 0 spiro atoms. The molecule has 1 amide bonds. The predicted molar refractivity (Wildman–Crippen MR) is 190 cm³/mol. The lowest BCUT2D eigenvalue weighted by atomic mass is 10.0. The first kappa shape index (κ1) is 37.9. The lowest BCUT2D eigenvalue weighted by molar-refractivity contribution is -0.645. The molecule has 0 radical (unpaired) electrons. The predicted octanol–water partition coefficient (Wildman–Crippen LogP) is 4.25. The van der Waals surface area contributed by atoms with Crippen molar-refractivity contribution in [3.8, 4) is 0 Å². The lowest BCUT2D eigenvalue weighted by Crippen LogP contribution is -2.40. The summed E-state index contributed by atoms with van der Waals surface area (Å²) in [4.78, 5) is 28.1. The highest BCUT2D eigenvalue weighted by Gasteiger charge is 2.34. The molecule has 4 aromatic rings. The van der Waals surface area contributed by atoms with Gasteiger partial charge < -0.3 is 24.8 Å². The summed E-state index contributed by atoms with van der Waals surface area (Å²) < 4.78 is 42.2. The van der Waals surface area contributed by atoms with Gasteiger partial charge >= 0.3 is 5.97 Å². The van der Waals surface area contributed by atoms with Crippen LogP contribution in [-0.2, 0) is 30.8 Å². The van der Waals surface area contributed by atoms with Gasteiger partial charge in [-0.15, -0.1) is 0 Å². The molecule has 3 aromatic carbocycles. The lowest BCUT2D eigenvalue weighted by Gasteiger charge is -2.24. The number of fused-ring (bicyclic) bond motifs is 2. The molecule has 0 saturated heterocycles. The molecule has 264 valence electrons. The van der Waals surface area contributed by atoms with Crippen LogP contribution in [0.3, 0.4) is 0 Å². The third-order valence-electron chi connectivity index (χ3n) is 8.39. The number of para-hydroxylation sites is 2. The van der Waals surface area contributed by atoms with E-state index in [0.717, 1.165) is 53.4 Å². The Morgan fingerprint density at radius 1 is 0.796 bits per heavy atom. The smallest absolute Gasteiger partial charge is 0.303 e. The molecular formula is C37H49N4O7S+. The summed E-state index contributed by atoms with van der Waals surface area (Å²) in [5.74, 6) is -1.74. The maximum atomic E-state index is 14.5. The molecule has 4 rings (SSSR count).